The molecule has 1 heterocycles. The van der Waals surface area contributed by atoms with E-state index >= 15 is 0 Å². The molecule has 1 amide bonds. The minimum atomic E-state index is -0.605. The maximum atomic E-state index is 13.1. The van der Waals surface area contributed by atoms with Gasteiger partial charge in [0.15, 0.2) is 0 Å². The van der Waals surface area contributed by atoms with Gasteiger partial charge in [-0.3, -0.25) is 4.79 Å². The molecule has 2 aromatic rings. The third-order valence-corrected chi connectivity index (χ3v) is 5.19. The summed E-state index contributed by atoms with van der Waals surface area (Å²) in [6.07, 6.45) is 1.66. The van der Waals surface area contributed by atoms with Crippen LogP contribution in [0, 0.1) is 0 Å². The minimum Gasteiger partial charge on any atom is -0.496 e. The first-order chi connectivity index (χ1) is 12.5. The number of nitrogens with zero attached hydrogens (tertiary/aromatic N) is 1. The smallest absolute Gasteiger partial charge is 0.257 e. The molecule has 2 atom stereocenters. The van der Waals surface area contributed by atoms with Crippen molar-refractivity contribution in [2.75, 3.05) is 19.4 Å². The Balaban J connectivity index is 1.80. The zero-order valence-corrected chi connectivity index (χ0v) is 15.4. The average molecular weight is 375 g/mol. The maximum absolute atomic E-state index is 13.1. The van der Waals surface area contributed by atoms with Gasteiger partial charge >= 0.3 is 0 Å². The molecular formula is C20H23ClN2O3. The molecule has 138 valence electrons. The van der Waals surface area contributed by atoms with E-state index in [1.165, 1.54) is 7.11 Å². The molecule has 1 aliphatic rings. The lowest BCUT2D eigenvalue weighted by Gasteiger charge is -2.27. The molecule has 3 N–H and O–H groups in total. The number of anilines is 1. The number of nitrogen functional groups attached to an aromatic ring is 1. The van der Waals surface area contributed by atoms with E-state index in [-0.39, 0.29) is 11.9 Å². The third-order valence-electron chi connectivity index (χ3n) is 4.87. The summed E-state index contributed by atoms with van der Waals surface area (Å²) in [7, 11) is 1.50. The van der Waals surface area contributed by atoms with Crippen LogP contribution in [0.25, 0.3) is 0 Å². The lowest BCUT2D eigenvalue weighted by Crippen LogP contribution is -2.36. The Bertz CT molecular complexity index is 782. The molecule has 2 unspecified atom stereocenters. The Morgan fingerprint density at radius 3 is 2.81 bits per heavy atom. The molecule has 6 heteroatoms. The molecule has 0 saturated carbocycles. The Hall–Kier alpha value is -2.24. The van der Waals surface area contributed by atoms with Crippen LogP contribution in [0.4, 0.5) is 5.69 Å². The molecule has 0 bridgehead atoms. The molecular weight excluding hydrogens is 352 g/mol. The number of benzene rings is 2. The number of aliphatic hydroxyl groups excluding tert-OH is 1. The predicted octanol–water partition coefficient (Wildman–Crippen LogP) is 3.66. The van der Waals surface area contributed by atoms with Crippen LogP contribution in [-0.4, -0.2) is 35.6 Å². The van der Waals surface area contributed by atoms with E-state index in [0.717, 1.165) is 18.4 Å². The first-order valence-electron chi connectivity index (χ1n) is 8.68. The molecule has 3 rings (SSSR count). The number of methoxy groups -OCH3 is 1. The van der Waals surface area contributed by atoms with Crippen molar-refractivity contribution in [2.45, 2.75) is 31.4 Å². The molecule has 1 aliphatic heterocycles. The third kappa shape index (κ3) is 3.79. The molecule has 26 heavy (non-hydrogen) atoms. The number of halogens is 1. The van der Waals surface area contributed by atoms with E-state index in [2.05, 4.69) is 0 Å². The van der Waals surface area contributed by atoms with Crippen LogP contribution in [-0.2, 0) is 0 Å². The van der Waals surface area contributed by atoms with Gasteiger partial charge in [-0.05, 0) is 30.9 Å². The highest BCUT2D eigenvalue weighted by atomic mass is 35.5. The van der Waals surface area contributed by atoms with Gasteiger partial charge in [0.05, 0.1) is 29.5 Å². The number of carbonyl (C=O) groups excluding carboxylic acids is 1. The summed E-state index contributed by atoms with van der Waals surface area (Å²) >= 11 is 6.10. The van der Waals surface area contributed by atoms with Crippen LogP contribution in [0.15, 0.2) is 42.5 Å². The highest BCUT2D eigenvalue weighted by Crippen LogP contribution is 2.33. The van der Waals surface area contributed by atoms with Crippen LogP contribution in [0.3, 0.4) is 0 Å². The number of hydrogen-bond acceptors (Lipinski definition) is 4. The number of nitrogens with two attached hydrogens (primary N) is 1. The van der Waals surface area contributed by atoms with Gasteiger partial charge in [-0.15, -0.1) is 0 Å². The summed E-state index contributed by atoms with van der Waals surface area (Å²) in [5.41, 5.74) is 7.44. The number of hydrogen-bond donors (Lipinski definition) is 2. The van der Waals surface area contributed by atoms with Gasteiger partial charge in [-0.1, -0.05) is 41.9 Å². The summed E-state index contributed by atoms with van der Waals surface area (Å²) in [5, 5.41) is 10.9. The van der Waals surface area contributed by atoms with Crippen molar-refractivity contribution in [1.29, 1.82) is 0 Å². The SMILES string of the molecule is COc1cc(N)c(Cl)cc1C(=O)N1CCCC1CC(O)c1ccccc1. The highest BCUT2D eigenvalue weighted by molar-refractivity contribution is 6.33. The predicted molar refractivity (Wildman–Crippen MR) is 102 cm³/mol. The lowest BCUT2D eigenvalue weighted by atomic mass is 10.00. The van der Waals surface area contributed by atoms with Crippen LogP contribution in [0.1, 0.15) is 41.3 Å². The largest absolute Gasteiger partial charge is 0.496 e. The van der Waals surface area contributed by atoms with Crippen LogP contribution >= 0.6 is 11.6 Å². The lowest BCUT2D eigenvalue weighted by molar-refractivity contribution is 0.0664. The van der Waals surface area contributed by atoms with Crippen molar-refractivity contribution < 1.29 is 14.6 Å². The Morgan fingerprint density at radius 1 is 1.38 bits per heavy atom. The van der Waals surface area contributed by atoms with E-state index in [4.69, 9.17) is 22.1 Å². The fraction of sp³-hybridized carbons (Fsp3) is 0.350. The van der Waals surface area contributed by atoms with Gasteiger partial charge in [-0.2, -0.15) is 0 Å². The fourth-order valence-electron chi connectivity index (χ4n) is 3.48. The minimum absolute atomic E-state index is 0.0289. The van der Waals surface area contributed by atoms with E-state index in [0.29, 0.717) is 35.0 Å². The Labute approximate surface area is 158 Å². The van der Waals surface area contributed by atoms with E-state index in [9.17, 15) is 9.90 Å². The van der Waals surface area contributed by atoms with Crippen LogP contribution in [0.2, 0.25) is 5.02 Å². The van der Waals surface area contributed by atoms with Crippen molar-refractivity contribution in [2.24, 2.45) is 0 Å². The molecule has 0 aliphatic carbocycles. The quantitative estimate of drug-likeness (QED) is 0.783. The molecule has 1 saturated heterocycles. The summed E-state index contributed by atoms with van der Waals surface area (Å²) in [4.78, 5) is 14.9. The molecule has 0 radical (unpaired) electrons. The van der Waals surface area contributed by atoms with Crippen LogP contribution in [0.5, 0.6) is 5.75 Å². The van der Waals surface area contributed by atoms with E-state index < -0.39 is 6.10 Å². The number of rotatable bonds is 5. The monoisotopic (exact) mass is 374 g/mol. The second kappa shape index (κ2) is 7.98. The molecule has 2 aromatic carbocycles. The molecule has 5 nitrogen and oxygen atoms in total. The number of ether oxygens (including phenoxy) is 1. The summed E-state index contributed by atoms with van der Waals surface area (Å²) in [6.45, 7) is 0.649. The van der Waals surface area contributed by atoms with Crippen molar-refractivity contribution >= 4 is 23.2 Å². The Kier molecular flexibility index (Phi) is 5.69. The standard InChI is InChI=1S/C20H23ClN2O3/c1-26-19-12-17(22)16(21)11-15(19)20(25)23-9-5-8-14(23)10-18(24)13-6-3-2-4-7-13/h2-4,6-7,11-12,14,18,24H,5,8-10,22H2,1H3. The van der Waals surface area contributed by atoms with Gasteiger partial charge in [-0.25, -0.2) is 0 Å². The van der Waals surface area contributed by atoms with Gasteiger partial charge < -0.3 is 20.5 Å². The average Bonchev–Trinajstić information content (AvgIpc) is 3.11. The first kappa shape index (κ1) is 18.5. The van der Waals surface area contributed by atoms with Crippen LogP contribution < -0.4 is 10.5 Å². The number of likely N-dealkylation sites (tertiary alicyclic amines) is 1. The summed E-state index contributed by atoms with van der Waals surface area (Å²) in [5.74, 6) is 0.262. The zero-order chi connectivity index (χ0) is 18.7. The van der Waals surface area contributed by atoms with Gasteiger partial charge in [0.2, 0.25) is 0 Å². The normalized spacial score (nSPS) is 18.0. The highest BCUT2D eigenvalue weighted by Gasteiger charge is 2.32. The van der Waals surface area contributed by atoms with Gasteiger partial charge in [0.25, 0.3) is 5.91 Å². The molecule has 0 aromatic heterocycles. The van der Waals surface area contributed by atoms with Gasteiger partial charge in [0, 0.05) is 18.7 Å². The van der Waals surface area contributed by atoms with E-state index in [1.807, 2.05) is 30.3 Å². The van der Waals surface area contributed by atoms with E-state index in [1.54, 1.807) is 17.0 Å². The topological polar surface area (TPSA) is 75.8 Å². The molecule has 0 spiro atoms. The zero-order valence-electron chi connectivity index (χ0n) is 14.7. The Morgan fingerprint density at radius 2 is 2.12 bits per heavy atom. The maximum Gasteiger partial charge on any atom is 0.257 e. The summed E-state index contributed by atoms with van der Waals surface area (Å²) in [6, 6.07) is 12.6. The second-order valence-corrected chi connectivity index (χ2v) is 6.94. The summed E-state index contributed by atoms with van der Waals surface area (Å²) < 4.78 is 5.31. The number of amides is 1. The van der Waals surface area contributed by atoms with Gasteiger partial charge in [0.1, 0.15) is 5.75 Å². The van der Waals surface area contributed by atoms with Crippen molar-refractivity contribution in [3.05, 3.63) is 58.6 Å². The number of aliphatic hydroxyl groups is 1. The van der Waals surface area contributed by atoms with Crippen molar-refractivity contribution in [3.63, 3.8) is 0 Å². The van der Waals surface area contributed by atoms with Crippen molar-refractivity contribution in [3.8, 4) is 5.75 Å². The second-order valence-electron chi connectivity index (χ2n) is 6.53. The molecule has 1 fully saturated rings. The first-order valence-corrected chi connectivity index (χ1v) is 9.06. The number of carbonyl (C=O) groups is 1. The fourth-order valence-corrected chi connectivity index (χ4v) is 3.64. The van der Waals surface area contributed by atoms with Crippen molar-refractivity contribution in [1.82, 2.24) is 4.90 Å².